The van der Waals surface area contributed by atoms with E-state index < -0.39 is 23.3 Å². The van der Waals surface area contributed by atoms with Gasteiger partial charge < -0.3 is 40.5 Å². The summed E-state index contributed by atoms with van der Waals surface area (Å²) in [6.45, 7) is 4.13. The molecule has 4 aromatic rings. The number of fused-ring (bicyclic) bond motifs is 8. The van der Waals surface area contributed by atoms with Gasteiger partial charge in [0, 0.05) is 65.8 Å². The van der Waals surface area contributed by atoms with Crippen molar-refractivity contribution in [2.45, 2.75) is 75.1 Å². The largest absolute Gasteiger partial charge is 0.507 e. The predicted octanol–water partition coefficient (Wildman–Crippen LogP) is 4.70. The van der Waals surface area contributed by atoms with Crippen LogP contribution in [0.25, 0.3) is 22.2 Å². The van der Waals surface area contributed by atoms with Crippen molar-refractivity contribution >= 4 is 50.2 Å². The molecule has 258 valence electrons. The molecular weight excluding hydrogens is 667 g/mol. The van der Waals surface area contributed by atoms with E-state index in [1.165, 1.54) is 6.07 Å². The van der Waals surface area contributed by atoms with Crippen LogP contribution in [0.2, 0.25) is 0 Å². The van der Waals surface area contributed by atoms with Crippen molar-refractivity contribution in [3.8, 4) is 22.8 Å². The fourth-order valence-corrected chi connectivity index (χ4v) is 9.19. The van der Waals surface area contributed by atoms with Gasteiger partial charge in [0.15, 0.2) is 11.0 Å². The number of nitrogens with two attached hydrogens (primary N) is 2. The Morgan fingerprint density at radius 1 is 1.12 bits per heavy atom. The standard InChI is InChI=1S/C35H39N5O7S2/c1-18-12-24(41)30-26(44-18)16-25-21(31(30)42)15-28-34(2,46-25)8-11-48-49-17-22-20(6-9-39-32(22)37)23-13-19(14-29(36)40-23)4-5-27-35(47-27,7-10-38-3)33(43)45-28/h6,9,12-14,16,27-28,38,42H,4-5,7-8,10-11,15,17H2,1-3H3,(H2,36,40)(H2,37,39)/t27-,28-,34-,35+/m0/s1. The maximum Gasteiger partial charge on any atom is 0.341 e. The Morgan fingerprint density at radius 2 is 1.96 bits per heavy atom. The summed E-state index contributed by atoms with van der Waals surface area (Å²) < 4.78 is 25.0. The average Bonchev–Trinajstić information content (AvgIpc) is 3.77. The summed E-state index contributed by atoms with van der Waals surface area (Å²) in [5, 5.41) is 14.5. The van der Waals surface area contributed by atoms with E-state index in [4.69, 9.17) is 30.1 Å². The number of hydrogen-bond acceptors (Lipinski definition) is 14. The molecule has 12 nitrogen and oxygen atoms in total. The van der Waals surface area contributed by atoms with Crippen molar-refractivity contribution in [2.75, 3.05) is 30.8 Å². The van der Waals surface area contributed by atoms with Gasteiger partial charge in [-0.05, 0) is 64.0 Å². The topological polar surface area (TPSA) is 188 Å². The molecule has 3 aromatic heterocycles. The number of nitrogen functional groups attached to an aromatic ring is 2. The molecule has 1 saturated heterocycles. The van der Waals surface area contributed by atoms with E-state index in [9.17, 15) is 14.7 Å². The van der Waals surface area contributed by atoms with Crippen LogP contribution >= 0.6 is 21.6 Å². The molecule has 14 heteroatoms. The second kappa shape index (κ2) is 13.0. The average molecular weight is 706 g/mol. The van der Waals surface area contributed by atoms with E-state index in [0.29, 0.717) is 72.4 Å². The number of carbonyl (C=O) groups excluding carboxylic acids is 1. The third-order valence-corrected chi connectivity index (χ3v) is 12.0. The van der Waals surface area contributed by atoms with Crippen molar-refractivity contribution in [1.82, 2.24) is 15.3 Å². The van der Waals surface area contributed by atoms with E-state index in [2.05, 4.69) is 15.3 Å². The van der Waals surface area contributed by atoms with Crippen molar-refractivity contribution in [3.05, 3.63) is 69.2 Å². The Balaban J connectivity index is 1.26. The van der Waals surface area contributed by atoms with Crippen LogP contribution in [-0.4, -0.2) is 63.8 Å². The Labute approximate surface area is 291 Å². The quantitative estimate of drug-likeness (QED) is 0.130. The van der Waals surface area contributed by atoms with Crippen molar-refractivity contribution in [1.29, 1.82) is 0 Å². The fraction of sp³-hybridized carbons (Fsp3) is 0.429. The van der Waals surface area contributed by atoms with Gasteiger partial charge in [0.2, 0.25) is 0 Å². The Bertz CT molecular complexity index is 2010. The molecule has 0 saturated carbocycles. The third-order valence-electron chi connectivity index (χ3n) is 9.68. The van der Waals surface area contributed by atoms with E-state index in [-0.39, 0.29) is 34.7 Å². The minimum atomic E-state index is -1.14. The molecule has 0 aliphatic carbocycles. The van der Waals surface area contributed by atoms with Crippen LogP contribution in [0, 0.1) is 6.92 Å². The zero-order chi connectivity index (χ0) is 34.5. The molecule has 6 heterocycles. The molecule has 2 bridgehead atoms. The number of carbonyl (C=O) groups is 1. The highest BCUT2D eigenvalue weighted by molar-refractivity contribution is 8.76. The Hall–Kier alpha value is -3.98. The third kappa shape index (κ3) is 6.31. The number of ether oxygens (including phenoxy) is 3. The number of phenols is 1. The van der Waals surface area contributed by atoms with Crippen molar-refractivity contribution in [3.63, 3.8) is 0 Å². The summed E-state index contributed by atoms with van der Waals surface area (Å²) in [5.74, 6) is 2.15. The summed E-state index contributed by atoms with van der Waals surface area (Å²) in [6.07, 6.45) is 2.74. The first kappa shape index (κ1) is 33.5. The van der Waals surface area contributed by atoms with Crippen LogP contribution < -0.4 is 26.9 Å². The Kier molecular flexibility index (Phi) is 8.92. The molecule has 49 heavy (non-hydrogen) atoms. The lowest BCUT2D eigenvalue weighted by molar-refractivity contribution is -0.169. The van der Waals surface area contributed by atoms with E-state index in [1.807, 2.05) is 32.2 Å². The van der Waals surface area contributed by atoms with E-state index in [1.54, 1.807) is 40.8 Å². The van der Waals surface area contributed by atoms with Crippen LogP contribution in [0.1, 0.15) is 48.6 Å². The molecule has 3 aliphatic heterocycles. The molecule has 1 fully saturated rings. The molecule has 4 atom stereocenters. The monoisotopic (exact) mass is 705 g/mol. The molecule has 0 unspecified atom stereocenters. The number of pyridine rings is 2. The van der Waals surface area contributed by atoms with Crippen LogP contribution in [0.4, 0.5) is 11.6 Å². The summed E-state index contributed by atoms with van der Waals surface area (Å²) in [4.78, 5) is 36.0. The number of nitrogens with zero attached hydrogens (tertiary/aromatic N) is 2. The lowest BCUT2D eigenvalue weighted by atomic mass is 9.86. The lowest BCUT2D eigenvalue weighted by Crippen LogP contribution is -2.53. The molecular formula is C35H39N5O7S2. The molecule has 6 N–H and O–H groups in total. The van der Waals surface area contributed by atoms with Gasteiger partial charge in [-0.1, -0.05) is 21.6 Å². The van der Waals surface area contributed by atoms with Crippen LogP contribution in [0.5, 0.6) is 11.5 Å². The second-order valence-corrected chi connectivity index (χ2v) is 15.6. The van der Waals surface area contributed by atoms with Gasteiger partial charge in [-0.2, -0.15) is 0 Å². The number of benzene rings is 1. The smallest absolute Gasteiger partial charge is 0.341 e. The van der Waals surface area contributed by atoms with Crippen molar-refractivity contribution in [2.24, 2.45) is 0 Å². The number of phenolic OH excluding ortho intramolecular Hbond substituents is 1. The second-order valence-electron chi connectivity index (χ2n) is 13.0. The number of nitrogens with one attached hydrogen (secondary N) is 1. The number of esters is 1. The SMILES string of the molecule is CNCC[C@@]12O[C@H]1CCc1cc(N)nc(c1)-c1ccnc(N)c1CSSCC[C@]1(C)Oc3cc4oc(C)cc(=O)c4c(O)c3C[C@@H]1OC2=O. The first-order valence-corrected chi connectivity index (χ1v) is 18.8. The lowest BCUT2D eigenvalue weighted by Gasteiger charge is -2.42. The molecule has 0 radical (unpaired) electrons. The highest BCUT2D eigenvalue weighted by atomic mass is 33.1. The van der Waals surface area contributed by atoms with Crippen molar-refractivity contribution < 1.29 is 28.5 Å². The number of aryl methyl sites for hydroxylation is 2. The Morgan fingerprint density at radius 3 is 2.78 bits per heavy atom. The molecule has 3 aliphatic rings. The number of epoxide rings is 1. The molecule has 1 aromatic carbocycles. The first-order valence-electron chi connectivity index (χ1n) is 16.3. The van der Waals surface area contributed by atoms with E-state index >= 15 is 0 Å². The fourth-order valence-electron chi connectivity index (χ4n) is 6.87. The molecule has 0 spiro atoms. The van der Waals surface area contributed by atoms with Gasteiger partial charge in [-0.15, -0.1) is 0 Å². The zero-order valence-corrected chi connectivity index (χ0v) is 29.2. The van der Waals surface area contributed by atoms with Crippen LogP contribution in [0.3, 0.4) is 0 Å². The molecule has 7 rings (SSSR count). The summed E-state index contributed by atoms with van der Waals surface area (Å²) in [5.41, 5.74) is 14.2. The molecule has 0 amide bonds. The van der Waals surface area contributed by atoms with Gasteiger partial charge in [0.1, 0.15) is 51.6 Å². The van der Waals surface area contributed by atoms with E-state index in [0.717, 1.165) is 22.4 Å². The number of hydrogen-bond donors (Lipinski definition) is 4. The number of anilines is 2. The highest BCUT2D eigenvalue weighted by Gasteiger charge is 2.63. The predicted molar refractivity (Wildman–Crippen MR) is 191 cm³/mol. The maximum absolute atomic E-state index is 14.2. The number of rotatable bonds is 3. The van der Waals surface area contributed by atoms with Gasteiger partial charge in [-0.3, -0.25) is 4.79 Å². The van der Waals surface area contributed by atoms with Gasteiger partial charge in [0.25, 0.3) is 0 Å². The minimum Gasteiger partial charge on any atom is -0.507 e. The minimum absolute atomic E-state index is 0.0695. The van der Waals surface area contributed by atoms with Gasteiger partial charge in [0.05, 0.1) is 11.8 Å². The normalized spacial score (nSPS) is 25.4. The highest BCUT2D eigenvalue weighted by Crippen LogP contribution is 2.48. The summed E-state index contributed by atoms with van der Waals surface area (Å²) >= 11 is 0. The first-order chi connectivity index (χ1) is 23.5. The maximum atomic E-state index is 14.2. The summed E-state index contributed by atoms with van der Waals surface area (Å²) in [6, 6.07) is 8.74. The zero-order valence-electron chi connectivity index (χ0n) is 27.5. The number of aromatic hydroxyl groups is 1. The van der Waals surface area contributed by atoms with Crippen LogP contribution in [-0.2, 0) is 32.9 Å². The van der Waals surface area contributed by atoms with Gasteiger partial charge >= 0.3 is 5.97 Å². The number of aromatic nitrogens is 2. The van der Waals surface area contributed by atoms with Crippen LogP contribution in [0.15, 0.2) is 45.7 Å². The summed E-state index contributed by atoms with van der Waals surface area (Å²) in [7, 11) is 5.09. The van der Waals surface area contributed by atoms with Gasteiger partial charge in [-0.25, -0.2) is 14.8 Å².